The van der Waals surface area contributed by atoms with Crippen LogP contribution in [0.1, 0.15) is 25.2 Å². The number of nitrogens with one attached hydrogen (secondary N) is 3. The number of hydrogen-bond acceptors (Lipinski definition) is 2. The predicted octanol–water partition coefficient (Wildman–Crippen LogP) is 3.45. The van der Waals surface area contributed by atoms with E-state index in [9.17, 15) is 4.79 Å². The van der Waals surface area contributed by atoms with Crippen molar-refractivity contribution < 1.29 is 4.79 Å². The van der Waals surface area contributed by atoms with Crippen LogP contribution >= 0.6 is 15.9 Å². The number of urea groups is 1. The van der Waals surface area contributed by atoms with E-state index in [0.29, 0.717) is 0 Å². The van der Waals surface area contributed by atoms with Crippen molar-refractivity contribution in [3.05, 3.63) is 47.0 Å². The number of rotatable bonds is 4. The molecule has 0 saturated carbocycles. The minimum atomic E-state index is -0.245. The zero-order valence-corrected chi connectivity index (χ0v) is 12.1. The molecular weight excluding hydrogens is 308 g/mol. The molecule has 0 saturated heterocycles. The van der Waals surface area contributed by atoms with E-state index in [0.717, 1.165) is 22.4 Å². The summed E-state index contributed by atoms with van der Waals surface area (Å²) in [4.78, 5) is 19.0. The number of amides is 2. The van der Waals surface area contributed by atoms with Gasteiger partial charge in [-0.15, -0.1) is 0 Å². The molecule has 2 amide bonds. The summed E-state index contributed by atoms with van der Waals surface area (Å²) in [6.07, 6.45) is 4.18. The van der Waals surface area contributed by atoms with Crippen molar-refractivity contribution in [2.24, 2.45) is 0 Å². The van der Waals surface area contributed by atoms with Gasteiger partial charge in [-0.1, -0.05) is 22.9 Å². The van der Waals surface area contributed by atoms with E-state index in [1.165, 1.54) is 0 Å². The predicted molar refractivity (Wildman–Crippen MR) is 77.9 cm³/mol. The lowest BCUT2D eigenvalue weighted by molar-refractivity contribution is 0.247. The first-order valence-electron chi connectivity index (χ1n) is 6.01. The van der Waals surface area contributed by atoms with Gasteiger partial charge in [-0.2, -0.15) is 0 Å². The molecule has 2 aromatic rings. The number of anilines is 1. The minimum Gasteiger partial charge on any atom is -0.347 e. The molecular formula is C13H15BrN4O. The lowest BCUT2D eigenvalue weighted by atomic mass is 10.2. The Kier molecular flexibility index (Phi) is 4.57. The molecule has 1 heterocycles. The lowest BCUT2D eigenvalue weighted by Gasteiger charge is -2.15. The summed E-state index contributed by atoms with van der Waals surface area (Å²) in [5.41, 5.74) is 0.745. The van der Waals surface area contributed by atoms with Gasteiger partial charge in [0.1, 0.15) is 5.82 Å². The van der Waals surface area contributed by atoms with E-state index in [4.69, 9.17) is 0 Å². The van der Waals surface area contributed by atoms with Gasteiger partial charge in [-0.3, -0.25) is 0 Å². The van der Waals surface area contributed by atoms with E-state index in [-0.39, 0.29) is 12.1 Å². The zero-order chi connectivity index (χ0) is 13.7. The summed E-state index contributed by atoms with van der Waals surface area (Å²) in [5.74, 6) is 0.758. The second kappa shape index (κ2) is 6.38. The highest BCUT2D eigenvalue weighted by Crippen LogP contribution is 2.15. The number of aromatic nitrogens is 2. The first kappa shape index (κ1) is 13.6. The van der Waals surface area contributed by atoms with Gasteiger partial charge in [-0.25, -0.2) is 9.78 Å². The number of aromatic amines is 1. The molecule has 1 aromatic carbocycles. The Bertz CT molecular complexity index is 524. The summed E-state index contributed by atoms with van der Waals surface area (Å²) >= 11 is 3.35. The van der Waals surface area contributed by atoms with E-state index in [1.807, 2.05) is 31.2 Å². The Labute approximate surface area is 120 Å². The summed E-state index contributed by atoms with van der Waals surface area (Å²) in [6.45, 7) is 1.99. The van der Waals surface area contributed by atoms with Gasteiger partial charge in [-0.05, 0) is 30.7 Å². The van der Waals surface area contributed by atoms with Crippen LogP contribution < -0.4 is 10.6 Å². The monoisotopic (exact) mass is 322 g/mol. The van der Waals surface area contributed by atoms with Crippen LogP contribution in [-0.4, -0.2) is 16.0 Å². The van der Waals surface area contributed by atoms with Crippen LogP contribution in [0.15, 0.2) is 41.1 Å². The second-order valence-corrected chi connectivity index (χ2v) is 4.96. The molecule has 1 aromatic heterocycles. The topological polar surface area (TPSA) is 69.8 Å². The third-order valence-electron chi connectivity index (χ3n) is 2.67. The van der Waals surface area contributed by atoms with Gasteiger partial charge in [0.25, 0.3) is 0 Å². The van der Waals surface area contributed by atoms with Crippen molar-refractivity contribution in [3.8, 4) is 0 Å². The van der Waals surface area contributed by atoms with Gasteiger partial charge >= 0.3 is 6.03 Å². The van der Waals surface area contributed by atoms with Gasteiger partial charge in [0.15, 0.2) is 0 Å². The highest BCUT2D eigenvalue weighted by molar-refractivity contribution is 9.10. The number of nitrogens with zero attached hydrogens (tertiary/aromatic N) is 1. The highest BCUT2D eigenvalue weighted by atomic mass is 79.9. The average molecular weight is 323 g/mol. The summed E-state index contributed by atoms with van der Waals surface area (Å²) in [7, 11) is 0. The summed E-state index contributed by atoms with van der Waals surface area (Å²) in [6, 6.07) is 7.05. The van der Waals surface area contributed by atoms with Crippen LogP contribution in [0.4, 0.5) is 10.5 Å². The fraction of sp³-hybridized carbons (Fsp3) is 0.231. The quantitative estimate of drug-likeness (QED) is 0.806. The summed E-state index contributed by atoms with van der Waals surface area (Å²) < 4.78 is 0.973. The number of carbonyl (C=O) groups excluding carboxylic acids is 1. The Balaban J connectivity index is 1.95. The van der Waals surface area contributed by atoms with Crippen molar-refractivity contribution in [1.29, 1.82) is 0 Å². The SMILES string of the molecule is CC[C@@H](NC(=O)Nc1ccc(Br)cc1)c1ncc[nH]1. The van der Waals surface area contributed by atoms with Crippen LogP contribution in [-0.2, 0) is 0 Å². The molecule has 19 heavy (non-hydrogen) atoms. The van der Waals surface area contributed by atoms with E-state index < -0.39 is 0 Å². The van der Waals surface area contributed by atoms with Crippen molar-refractivity contribution in [3.63, 3.8) is 0 Å². The first-order chi connectivity index (χ1) is 9.19. The van der Waals surface area contributed by atoms with Crippen molar-refractivity contribution in [2.75, 3.05) is 5.32 Å². The Hall–Kier alpha value is -1.82. The fourth-order valence-electron chi connectivity index (χ4n) is 1.69. The fourth-order valence-corrected chi connectivity index (χ4v) is 1.95. The maximum atomic E-state index is 11.9. The molecule has 0 aliphatic heterocycles. The van der Waals surface area contributed by atoms with E-state index in [2.05, 4.69) is 36.5 Å². The Morgan fingerprint density at radius 3 is 2.74 bits per heavy atom. The minimum absolute atomic E-state index is 0.120. The van der Waals surface area contributed by atoms with Crippen molar-refractivity contribution in [2.45, 2.75) is 19.4 Å². The molecule has 2 rings (SSSR count). The van der Waals surface area contributed by atoms with E-state index in [1.54, 1.807) is 12.4 Å². The number of imidazole rings is 1. The number of halogens is 1. The van der Waals surface area contributed by atoms with Crippen LogP contribution in [0, 0.1) is 0 Å². The number of benzene rings is 1. The molecule has 100 valence electrons. The Morgan fingerprint density at radius 2 is 2.16 bits per heavy atom. The lowest BCUT2D eigenvalue weighted by Crippen LogP contribution is -2.32. The molecule has 6 heteroatoms. The Morgan fingerprint density at radius 1 is 1.42 bits per heavy atom. The van der Waals surface area contributed by atoms with Gasteiger partial charge in [0, 0.05) is 22.6 Å². The molecule has 0 unspecified atom stereocenters. The molecule has 0 aliphatic rings. The molecule has 0 radical (unpaired) electrons. The van der Waals surface area contributed by atoms with Crippen LogP contribution in [0.25, 0.3) is 0 Å². The number of carbonyl (C=O) groups is 1. The molecule has 0 bridgehead atoms. The average Bonchev–Trinajstić information content (AvgIpc) is 2.92. The number of hydrogen-bond donors (Lipinski definition) is 3. The van der Waals surface area contributed by atoms with Gasteiger partial charge in [0.2, 0.25) is 0 Å². The van der Waals surface area contributed by atoms with Crippen LogP contribution in [0.5, 0.6) is 0 Å². The standard InChI is InChI=1S/C13H15BrN4O/c1-2-11(12-15-7-8-16-12)18-13(19)17-10-5-3-9(14)4-6-10/h3-8,11H,2H2,1H3,(H,15,16)(H2,17,18,19)/t11-/m1/s1. The molecule has 0 aliphatic carbocycles. The summed E-state index contributed by atoms with van der Waals surface area (Å²) in [5, 5.41) is 5.66. The van der Waals surface area contributed by atoms with Crippen molar-refractivity contribution >= 4 is 27.6 Å². The van der Waals surface area contributed by atoms with E-state index >= 15 is 0 Å². The molecule has 0 spiro atoms. The van der Waals surface area contributed by atoms with Gasteiger partial charge < -0.3 is 15.6 Å². The van der Waals surface area contributed by atoms with Crippen molar-refractivity contribution in [1.82, 2.24) is 15.3 Å². The molecule has 3 N–H and O–H groups in total. The zero-order valence-electron chi connectivity index (χ0n) is 10.5. The normalized spacial score (nSPS) is 11.9. The van der Waals surface area contributed by atoms with Gasteiger partial charge in [0.05, 0.1) is 6.04 Å². The smallest absolute Gasteiger partial charge is 0.319 e. The number of H-pyrrole nitrogens is 1. The maximum Gasteiger partial charge on any atom is 0.319 e. The molecule has 5 nitrogen and oxygen atoms in total. The molecule has 0 fully saturated rings. The van der Waals surface area contributed by atoms with Crippen LogP contribution in [0.2, 0.25) is 0 Å². The first-order valence-corrected chi connectivity index (χ1v) is 6.80. The highest BCUT2D eigenvalue weighted by Gasteiger charge is 2.14. The second-order valence-electron chi connectivity index (χ2n) is 4.04. The molecule has 1 atom stereocenters. The third-order valence-corrected chi connectivity index (χ3v) is 3.19. The largest absolute Gasteiger partial charge is 0.347 e. The van der Waals surface area contributed by atoms with Crippen LogP contribution in [0.3, 0.4) is 0 Å². The third kappa shape index (κ3) is 3.82. The maximum absolute atomic E-state index is 11.9.